The Labute approximate surface area is 183 Å². The van der Waals surface area contributed by atoms with Crippen LogP contribution < -0.4 is 10.7 Å². The second kappa shape index (κ2) is 8.63. The van der Waals surface area contributed by atoms with E-state index < -0.39 is 12.5 Å². The van der Waals surface area contributed by atoms with Gasteiger partial charge in [0.1, 0.15) is 0 Å². The van der Waals surface area contributed by atoms with Crippen LogP contribution in [0.25, 0.3) is 0 Å². The van der Waals surface area contributed by atoms with Crippen molar-refractivity contribution < 1.29 is 15.0 Å². The Morgan fingerprint density at radius 1 is 0.867 bits per heavy atom. The molecule has 0 radical (unpaired) electrons. The molecule has 2 atom stereocenters. The van der Waals surface area contributed by atoms with Crippen LogP contribution in [0.5, 0.6) is 0 Å². The smallest absolute Gasteiger partial charge is 0.238 e. The fourth-order valence-electron chi connectivity index (χ4n) is 3.44. The predicted molar refractivity (Wildman–Crippen MR) is 116 cm³/mol. The number of carbonyl (C=O) groups is 1. The number of nitrogens with one attached hydrogen (secondary N) is 2. The lowest BCUT2D eigenvalue weighted by atomic mass is 10.1. The second-order valence-electron chi connectivity index (χ2n) is 6.87. The average molecular weight is 444 g/mol. The molecule has 6 nitrogen and oxygen atoms in total. The molecule has 3 aromatic rings. The van der Waals surface area contributed by atoms with Crippen LogP contribution in [-0.4, -0.2) is 21.1 Å². The number of para-hydroxylation sites is 2. The van der Waals surface area contributed by atoms with E-state index in [2.05, 4.69) is 10.7 Å². The summed E-state index contributed by atoms with van der Waals surface area (Å²) in [6, 6.07) is 19.4. The van der Waals surface area contributed by atoms with Crippen molar-refractivity contribution in [3.05, 3.63) is 93.5 Å². The molecule has 1 heterocycles. The minimum atomic E-state index is -1.13. The third-order valence-electron chi connectivity index (χ3n) is 4.92. The molecule has 4 N–H and O–H groups in total. The molecule has 0 saturated carbocycles. The molecule has 0 aliphatic carbocycles. The van der Waals surface area contributed by atoms with Gasteiger partial charge in [0.25, 0.3) is 0 Å². The summed E-state index contributed by atoms with van der Waals surface area (Å²) in [6.45, 7) is 0. The van der Waals surface area contributed by atoms with Gasteiger partial charge in [-0.25, -0.2) is 0 Å². The van der Waals surface area contributed by atoms with Crippen LogP contribution in [0.3, 0.4) is 0 Å². The maximum absolute atomic E-state index is 12.7. The summed E-state index contributed by atoms with van der Waals surface area (Å²) in [5.41, 5.74) is 5.64. The van der Waals surface area contributed by atoms with E-state index in [4.69, 9.17) is 23.2 Å². The van der Waals surface area contributed by atoms with Gasteiger partial charge in [-0.05, 0) is 23.8 Å². The Morgan fingerprint density at radius 2 is 1.43 bits per heavy atom. The van der Waals surface area contributed by atoms with Gasteiger partial charge in [-0.1, -0.05) is 71.7 Å². The molecule has 154 valence electrons. The number of benzene rings is 3. The van der Waals surface area contributed by atoms with Crippen molar-refractivity contribution in [2.45, 2.75) is 18.9 Å². The summed E-state index contributed by atoms with van der Waals surface area (Å²) in [5.74, 6) is -0.389. The van der Waals surface area contributed by atoms with Crippen molar-refractivity contribution in [2.75, 3.05) is 5.32 Å². The van der Waals surface area contributed by atoms with Crippen LogP contribution in [0.4, 0.5) is 11.4 Å². The fourth-order valence-corrected chi connectivity index (χ4v) is 3.93. The normalized spacial score (nSPS) is 18.1. The van der Waals surface area contributed by atoms with Crippen LogP contribution in [0.1, 0.15) is 29.1 Å². The number of rotatable bonds is 5. The number of aliphatic hydroxyl groups excluding tert-OH is 2. The molecule has 30 heavy (non-hydrogen) atoms. The zero-order chi connectivity index (χ0) is 21.3. The van der Waals surface area contributed by atoms with E-state index in [1.165, 1.54) is 0 Å². The molecule has 0 saturated heterocycles. The molecule has 8 heteroatoms. The van der Waals surface area contributed by atoms with Crippen molar-refractivity contribution in [1.29, 1.82) is 0 Å². The summed E-state index contributed by atoms with van der Waals surface area (Å²) in [4.78, 5) is 12.7. The van der Waals surface area contributed by atoms with Crippen LogP contribution >= 0.6 is 23.2 Å². The highest BCUT2D eigenvalue weighted by Crippen LogP contribution is 2.37. The van der Waals surface area contributed by atoms with Gasteiger partial charge in [-0.2, -0.15) is 5.01 Å². The van der Waals surface area contributed by atoms with E-state index >= 15 is 0 Å². The average Bonchev–Trinajstić information content (AvgIpc) is 2.97. The lowest BCUT2D eigenvalue weighted by Crippen LogP contribution is -2.44. The van der Waals surface area contributed by atoms with Crippen molar-refractivity contribution in [3.63, 3.8) is 0 Å². The molecule has 2 unspecified atom stereocenters. The molecule has 0 aromatic heterocycles. The number of hydrazine groups is 1. The molecule has 1 aliphatic heterocycles. The standard InChI is InChI=1S/C22H19Cl2N3O3/c23-16-9-5-10-17(24)20(16)25-18-11-4-1-6-13(18)12-19(28)26-27-21(29)14-7-2-3-8-15(14)22(27)30/h1-11,21-22,25,29-30H,12H2,(H,26,28). The quantitative estimate of drug-likeness (QED) is 0.472. The van der Waals surface area contributed by atoms with Gasteiger partial charge >= 0.3 is 0 Å². The lowest BCUT2D eigenvalue weighted by Gasteiger charge is -2.25. The van der Waals surface area contributed by atoms with Gasteiger partial charge in [-0.3, -0.25) is 10.2 Å². The van der Waals surface area contributed by atoms with Gasteiger partial charge in [0.15, 0.2) is 12.5 Å². The monoisotopic (exact) mass is 443 g/mol. The van der Waals surface area contributed by atoms with E-state index in [1.807, 2.05) is 18.2 Å². The van der Waals surface area contributed by atoms with E-state index in [0.717, 1.165) is 5.01 Å². The summed E-state index contributed by atoms with van der Waals surface area (Å²) in [7, 11) is 0. The summed E-state index contributed by atoms with van der Waals surface area (Å²) in [5, 5.41) is 26.1. The highest BCUT2D eigenvalue weighted by molar-refractivity contribution is 6.39. The van der Waals surface area contributed by atoms with E-state index in [1.54, 1.807) is 48.5 Å². The number of amides is 1. The van der Waals surface area contributed by atoms with Crippen LogP contribution in [0.15, 0.2) is 66.7 Å². The largest absolute Gasteiger partial charge is 0.372 e. The molecule has 0 spiro atoms. The molecule has 1 amide bonds. The van der Waals surface area contributed by atoms with Gasteiger partial charge in [-0.15, -0.1) is 0 Å². The Hall–Kier alpha value is -2.61. The van der Waals surface area contributed by atoms with E-state index in [-0.39, 0.29) is 12.3 Å². The molecule has 1 aliphatic rings. The topological polar surface area (TPSA) is 84.8 Å². The van der Waals surface area contributed by atoms with Crippen LogP contribution in [0, 0.1) is 0 Å². The molecule has 0 bridgehead atoms. The molecule has 3 aromatic carbocycles. The van der Waals surface area contributed by atoms with Crippen molar-refractivity contribution in [2.24, 2.45) is 0 Å². The molecular formula is C22H19Cl2N3O3. The Morgan fingerprint density at radius 3 is 2.07 bits per heavy atom. The Balaban J connectivity index is 1.50. The zero-order valence-electron chi connectivity index (χ0n) is 15.7. The number of nitrogens with zero attached hydrogens (tertiary/aromatic N) is 1. The first-order valence-electron chi connectivity index (χ1n) is 9.27. The summed E-state index contributed by atoms with van der Waals surface area (Å²) >= 11 is 12.5. The van der Waals surface area contributed by atoms with Crippen molar-refractivity contribution in [3.8, 4) is 0 Å². The van der Waals surface area contributed by atoms with Crippen LogP contribution in [-0.2, 0) is 11.2 Å². The first-order chi connectivity index (χ1) is 14.5. The molecule has 0 fully saturated rings. The predicted octanol–water partition coefficient (Wildman–Crippen LogP) is 4.31. The van der Waals surface area contributed by atoms with E-state index in [0.29, 0.717) is 38.1 Å². The summed E-state index contributed by atoms with van der Waals surface area (Å²) < 4.78 is 0. The maximum atomic E-state index is 12.7. The van der Waals surface area contributed by atoms with E-state index in [9.17, 15) is 15.0 Å². The highest BCUT2D eigenvalue weighted by atomic mass is 35.5. The number of anilines is 2. The molecular weight excluding hydrogens is 425 g/mol. The lowest BCUT2D eigenvalue weighted by molar-refractivity contribution is -0.149. The number of hydrogen-bond acceptors (Lipinski definition) is 5. The number of aliphatic hydroxyl groups is 2. The maximum Gasteiger partial charge on any atom is 0.238 e. The first kappa shape index (κ1) is 20.7. The highest BCUT2D eigenvalue weighted by Gasteiger charge is 2.37. The van der Waals surface area contributed by atoms with Crippen molar-refractivity contribution >= 4 is 40.5 Å². The third kappa shape index (κ3) is 4.01. The first-order valence-corrected chi connectivity index (χ1v) is 10.0. The van der Waals surface area contributed by atoms with Crippen molar-refractivity contribution in [1.82, 2.24) is 10.4 Å². The molecule has 4 rings (SSSR count). The minimum absolute atomic E-state index is 0.0114. The van der Waals surface area contributed by atoms with Crippen LogP contribution in [0.2, 0.25) is 10.0 Å². The summed E-state index contributed by atoms with van der Waals surface area (Å²) in [6.07, 6.45) is -2.25. The minimum Gasteiger partial charge on any atom is -0.372 e. The third-order valence-corrected chi connectivity index (χ3v) is 5.55. The van der Waals surface area contributed by atoms with Gasteiger partial charge in [0.2, 0.25) is 5.91 Å². The number of halogens is 2. The number of carbonyl (C=O) groups excluding carboxylic acids is 1. The second-order valence-corrected chi connectivity index (χ2v) is 7.69. The fraction of sp³-hybridized carbons (Fsp3) is 0.136. The zero-order valence-corrected chi connectivity index (χ0v) is 17.2. The Bertz CT molecular complexity index is 1040. The van der Waals surface area contributed by atoms with Gasteiger partial charge in [0.05, 0.1) is 22.2 Å². The SMILES string of the molecule is O=C(Cc1ccccc1Nc1c(Cl)cccc1Cl)NN1C(O)c2ccccc2C1O. The van der Waals surface area contributed by atoms with Gasteiger partial charge < -0.3 is 15.5 Å². The Kier molecular flexibility index (Phi) is 5.94. The number of hydrogen-bond donors (Lipinski definition) is 4. The van der Waals surface area contributed by atoms with Gasteiger partial charge in [0, 0.05) is 16.8 Å². The number of fused-ring (bicyclic) bond motifs is 1.